The van der Waals surface area contributed by atoms with Crippen molar-refractivity contribution in [2.75, 3.05) is 30.9 Å². The van der Waals surface area contributed by atoms with Crippen molar-refractivity contribution in [2.24, 2.45) is 11.8 Å². The fourth-order valence-electron chi connectivity index (χ4n) is 3.57. The molecule has 0 bridgehead atoms. The van der Waals surface area contributed by atoms with E-state index in [4.69, 9.17) is 4.74 Å². The molecule has 1 amide bonds. The van der Waals surface area contributed by atoms with E-state index in [-0.39, 0.29) is 24.4 Å². The molecule has 0 aromatic carbocycles. The van der Waals surface area contributed by atoms with E-state index in [2.05, 4.69) is 20.3 Å². The molecule has 9 nitrogen and oxygen atoms in total. The van der Waals surface area contributed by atoms with Crippen LogP contribution in [0.25, 0.3) is 11.2 Å². The van der Waals surface area contributed by atoms with Gasteiger partial charge in [0, 0.05) is 25.9 Å². The highest BCUT2D eigenvalue weighted by Gasteiger charge is 2.53. The number of rotatable bonds is 6. The minimum Gasteiger partial charge on any atom is -0.393 e. The second-order valence-electron chi connectivity index (χ2n) is 8.05. The number of nitrogens with one attached hydrogen (secondary N) is 1. The highest BCUT2D eigenvalue weighted by atomic mass is 19.1. The van der Waals surface area contributed by atoms with Crippen LogP contribution >= 0.6 is 0 Å². The number of alkyl halides is 1. The molecule has 1 fully saturated rings. The van der Waals surface area contributed by atoms with Gasteiger partial charge in [-0.25, -0.2) is 9.37 Å². The Labute approximate surface area is 169 Å². The minimum absolute atomic E-state index is 0.118. The van der Waals surface area contributed by atoms with Crippen LogP contribution in [0.3, 0.4) is 0 Å². The van der Waals surface area contributed by atoms with Crippen LogP contribution in [0.4, 0.5) is 16.2 Å². The van der Waals surface area contributed by atoms with Crippen molar-refractivity contribution in [1.82, 2.24) is 19.5 Å². The molecule has 0 saturated carbocycles. The number of anilines is 2. The predicted molar refractivity (Wildman–Crippen MR) is 107 cm³/mol. The lowest BCUT2D eigenvalue weighted by Gasteiger charge is -2.29. The van der Waals surface area contributed by atoms with Crippen LogP contribution in [0.5, 0.6) is 0 Å². The maximum absolute atomic E-state index is 15.2. The number of halogens is 1. The predicted octanol–water partition coefficient (Wildman–Crippen LogP) is 2.13. The first kappa shape index (κ1) is 21.4. The molecule has 1 saturated heterocycles. The average molecular weight is 408 g/mol. The zero-order valence-corrected chi connectivity index (χ0v) is 17.7. The zero-order chi connectivity index (χ0) is 21.5. The Kier molecular flexibility index (Phi) is 5.77. The zero-order valence-electron chi connectivity index (χ0n) is 17.7. The lowest BCUT2D eigenvalue weighted by molar-refractivity contribution is -0.118. The summed E-state index contributed by atoms with van der Waals surface area (Å²) in [6.07, 6.45) is -0.401. The third-order valence-electron chi connectivity index (χ3n) is 5.66. The van der Waals surface area contributed by atoms with E-state index >= 15 is 4.39 Å². The molecule has 3 rings (SSSR count). The first-order chi connectivity index (χ1) is 13.6. The molecule has 3 heterocycles. The van der Waals surface area contributed by atoms with Gasteiger partial charge in [0.2, 0.25) is 11.9 Å². The number of aliphatic hydroxyl groups excluding tert-OH is 1. The first-order valence-corrected chi connectivity index (χ1v) is 9.80. The Morgan fingerprint density at radius 3 is 2.66 bits per heavy atom. The fraction of sp³-hybridized carbons (Fsp3) is 0.684. The van der Waals surface area contributed by atoms with E-state index in [1.807, 2.05) is 6.92 Å². The minimum atomic E-state index is -1.36. The van der Waals surface area contributed by atoms with Crippen LogP contribution in [0, 0.1) is 11.8 Å². The lowest BCUT2D eigenvalue weighted by Crippen LogP contribution is -2.39. The number of hydrogen-bond donors (Lipinski definition) is 2. The highest BCUT2D eigenvalue weighted by Crippen LogP contribution is 2.45. The summed E-state index contributed by atoms with van der Waals surface area (Å²) < 4.78 is 22.7. The van der Waals surface area contributed by atoms with Gasteiger partial charge in [-0.3, -0.25) is 14.7 Å². The monoisotopic (exact) mass is 408 g/mol. The van der Waals surface area contributed by atoms with Crippen LogP contribution in [-0.4, -0.2) is 63.0 Å². The third-order valence-corrected chi connectivity index (χ3v) is 5.66. The van der Waals surface area contributed by atoms with Gasteiger partial charge in [-0.1, -0.05) is 27.7 Å². The molecular weight excluding hydrogens is 379 g/mol. The van der Waals surface area contributed by atoms with E-state index in [0.717, 1.165) is 0 Å². The second-order valence-corrected chi connectivity index (χ2v) is 8.05. The quantitative estimate of drug-likeness (QED) is 0.754. The topological polar surface area (TPSA) is 105 Å². The maximum Gasteiger partial charge on any atom is 0.233 e. The van der Waals surface area contributed by atoms with Gasteiger partial charge in [-0.05, 0) is 6.42 Å². The van der Waals surface area contributed by atoms with E-state index in [1.54, 1.807) is 39.8 Å². The maximum atomic E-state index is 15.2. The van der Waals surface area contributed by atoms with Gasteiger partial charge in [-0.2, -0.15) is 9.97 Å². The largest absolute Gasteiger partial charge is 0.393 e. The van der Waals surface area contributed by atoms with Crippen molar-refractivity contribution >= 4 is 28.8 Å². The standard InChI is InChI=1S/C19H29FN6O3/c1-7-19(8-27)11(4)12(20)17(29-19)26-9-21-13-14(25(5)6)22-18(23-15(13)26)24-16(28)10(2)3/h9-12,17,27H,7-8H2,1-6H3,(H,22,23,24,28)/t11-,12-,17+,19-/m0/s1. The molecule has 29 heavy (non-hydrogen) atoms. The number of imidazole rings is 1. The molecule has 0 spiro atoms. The molecule has 2 N–H and O–H groups in total. The average Bonchev–Trinajstić information content (AvgIpc) is 3.21. The first-order valence-electron chi connectivity index (χ1n) is 9.80. The lowest BCUT2D eigenvalue weighted by atomic mass is 9.86. The van der Waals surface area contributed by atoms with Gasteiger partial charge in [0.1, 0.15) is 0 Å². The summed E-state index contributed by atoms with van der Waals surface area (Å²) in [6.45, 7) is 6.86. The highest BCUT2D eigenvalue weighted by molar-refractivity contribution is 5.92. The number of hydrogen-bond acceptors (Lipinski definition) is 7. The molecule has 1 aliphatic rings. The van der Waals surface area contributed by atoms with E-state index < -0.39 is 23.9 Å². The summed E-state index contributed by atoms with van der Waals surface area (Å²) in [5.74, 6) is -0.356. The normalized spacial score (nSPS) is 27.0. The van der Waals surface area contributed by atoms with Crippen LogP contribution in [0.15, 0.2) is 6.33 Å². The van der Waals surface area contributed by atoms with Crippen molar-refractivity contribution in [2.45, 2.75) is 52.1 Å². The van der Waals surface area contributed by atoms with Crippen LogP contribution in [-0.2, 0) is 9.53 Å². The summed E-state index contributed by atoms with van der Waals surface area (Å²) in [4.78, 5) is 27.1. The molecule has 0 radical (unpaired) electrons. The molecule has 2 aromatic heterocycles. The number of ether oxygens (including phenoxy) is 1. The van der Waals surface area contributed by atoms with Gasteiger partial charge in [0.25, 0.3) is 0 Å². The third kappa shape index (κ3) is 3.55. The Morgan fingerprint density at radius 2 is 2.14 bits per heavy atom. The van der Waals surface area contributed by atoms with Gasteiger partial charge >= 0.3 is 0 Å². The number of carbonyl (C=O) groups is 1. The second kappa shape index (κ2) is 7.83. The van der Waals surface area contributed by atoms with Gasteiger partial charge in [-0.15, -0.1) is 0 Å². The number of nitrogens with zero attached hydrogens (tertiary/aromatic N) is 5. The van der Waals surface area contributed by atoms with Gasteiger partial charge in [0.05, 0.1) is 18.5 Å². The van der Waals surface area contributed by atoms with Crippen LogP contribution in [0.2, 0.25) is 0 Å². The number of carbonyl (C=O) groups excluding carboxylic acids is 1. The van der Waals surface area contributed by atoms with E-state index in [1.165, 1.54) is 10.9 Å². The van der Waals surface area contributed by atoms with Crippen molar-refractivity contribution in [3.05, 3.63) is 6.33 Å². The summed E-state index contributed by atoms with van der Waals surface area (Å²) >= 11 is 0. The molecule has 2 aromatic rings. The molecule has 10 heteroatoms. The molecule has 160 valence electrons. The number of aliphatic hydroxyl groups is 1. The molecule has 0 aliphatic carbocycles. The van der Waals surface area contributed by atoms with Crippen LogP contribution < -0.4 is 10.2 Å². The Morgan fingerprint density at radius 1 is 1.45 bits per heavy atom. The van der Waals surface area contributed by atoms with E-state index in [9.17, 15) is 9.90 Å². The smallest absolute Gasteiger partial charge is 0.233 e. The Balaban J connectivity index is 2.10. The number of fused-ring (bicyclic) bond motifs is 1. The number of aromatic nitrogens is 4. The number of amides is 1. The summed E-state index contributed by atoms with van der Waals surface area (Å²) in [5, 5.41) is 12.5. The summed E-state index contributed by atoms with van der Waals surface area (Å²) in [7, 11) is 3.60. The molecule has 1 aliphatic heterocycles. The molecule has 0 unspecified atom stereocenters. The molecule has 4 atom stereocenters. The summed E-state index contributed by atoms with van der Waals surface area (Å²) in [5.41, 5.74) is -0.140. The van der Waals surface area contributed by atoms with E-state index in [0.29, 0.717) is 23.4 Å². The van der Waals surface area contributed by atoms with Crippen LogP contribution in [0.1, 0.15) is 40.3 Å². The van der Waals surface area contributed by atoms with Gasteiger partial charge in [0.15, 0.2) is 29.4 Å². The van der Waals surface area contributed by atoms with Gasteiger partial charge < -0.3 is 14.7 Å². The van der Waals surface area contributed by atoms with Crippen molar-refractivity contribution < 1.29 is 19.0 Å². The Bertz CT molecular complexity index is 895. The van der Waals surface area contributed by atoms with Crippen molar-refractivity contribution in [3.8, 4) is 0 Å². The Hall–Kier alpha value is -2.33. The SMILES string of the molecule is CC[C@@]1(CO)O[C@@H](n2cnc3c(N(C)C)nc(NC(=O)C(C)C)nc32)[C@@H](F)[C@@H]1C. The molecular formula is C19H29FN6O3. The van der Waals surface area contributed by atoms with Crippen molar-refractivity contribution in [3.63, 3.8) is 0 Å². The fourth-order valence-corrected chi connectivity index (χ4v) is 3.57. The van der Waals surface area contributed by atoms with Crippen molar-refractivity contribution in [1.29, 1.82) is 0 Å². The summed E-state index contributed by atoms with van der Waals surface area (Å²) in [6, 6.07) is 0.